The molecular weight excluding hydrogens is 438 g/mol. The molecule has 1 aromatic carbocycles. The lowest BCUT2D eigenvalue weighted by atomic mass is 9.98. The Hall–Kier alpha value is -3.98. The Morgan fingerprint density at radius 3 is 2.35 bits per heavy atom. The highest BCUT2D eigenvalue weighted by molar-refractivity contribution is 5.93. The summed E-state index contributed by atoms with van der Waals surface area (Å²) in [4.78, 5) is 50.9. The summed E-state index contributed by atoms with van der Waals surface area (Å²) in [6.07, 6.45) is 10.3. The molecule has 0 bridgehead atoms. The monoisotopic (exact) mass is 469 g/mol. The molecule has 0 heterocycles. The molecule has 3 amide bonds. The normalized spacial score (nSPS) is 12.2. The highest BCUT2D eigenvalue weighted by Gasteiger charge is 2.35. The maximum atomic E-state index is 13.2. The largest absolute Gasteiger partial charge is 0.466 e. The van der Waals surface area contributed by atoms with Gasteiger partial charge in [0.05, 0.1) is 13.0 Å². The Kier molecular flexibility index (Phi) is 10.6. The molecule has 9 nitrogen and oxygen atoms in total. The zero-order valence-corrected chi connectivity index (χ0v) is 20.1. The Labute approximate surface area is 200 Å². The number of amides is 3. The Balaban J connectivity index is 3.20. The zero-order valence-electron chi connectivity index (χ0n) is 20.1. The lowest BCUT2D eigenvalue weighted by Gasteiger charge is -2.29. The van der Waals surface area contributed by atoms with Crippen LogP contribution in [0.1, 0.15) is 58.2 Å². The van der Waals surface area contributed by atoms with Gasteiger partial charge >= 0.3 is 12.1 Å². The minimum absolute atomic E-state index is 0.0370. The first-order valence-corrected chi connectivity index (χ1v) is 10.7. The van der Waals surface area contributed by atoms with Crippen LogP contribution in [0, 0.1) is 24.8 Å². The summed E-state index contributed by atoms with van der Waals surface area (Å²) in [5, 5.41) is 5.01. The summed E-state index contributed by atoms with van der Waals surface area (Å²) in [6.45, 7) is 8.31. The molecular formula is C25H31N3O6. The van der Waals surface area contributed by atoms with Crippen molar-refractivity contribution in [3.8, 4) is 24.8 Å². The average Bonchev–Trinajstić information content (AvgIpc) is 2.75. The van der Waals surface area contributed by atoms with Gasteiger partial charge in [-0.25, -0.2) is 4.79 Å². The van der Waals surface area contributed by atoms with Gasteiger partial charge in [0.2, 0.25) is 5.91 Å². The SMILES string of the molecule is C#Cc1ccccc1C(C(=O)NCCC(=O)OCC)N(C#C)C(=O)C(C)NC(=O)OC(C)(C)C. The number of nitrogens with zero attached hydrogens (tertiary/aromatic N) is 1. The summed E-state index contributed by atoms with van der Waals surface area (Å²) in [5.41, 5.74) is -0.102. The maximum Gasteiger partial charge on any atom is 0.408 e. The van der Waals surface area contributed by atoms with Gasteiger partial charge in [-0.05, 0) is 40.7 Å². The summed E-state index contributed by atoms with van der Waals surface area (Å²) >= 11 is 0. The van der Waals surface area contributed by atoms with E-state index < -0.39 is 41.6 Å². The minimum atomic E-state index is -1.31. The number of hydrogen-bond donors (Lipinski definition) is 2. The van der Waals surface area contributed by atoms with Crippen LogP contribution < -0.4 is 10.6 Å². The van der Waals surface area contributed by atoms with Crippen LogP contribution in [0.15, 0.2) is 24.3 Å². The van der Waals surface area contributed by atoms with Crippen LogP contribution in [-0.2, 0) is 23.9 Å². The van der Waals surface area contributed by atoms with Crippen LogP contribution in [-0.4, -0.2) is 53.6 Å². The number of carbonyl (C=O) groups excluding carboxylic acids is 4. The molecule has 0 aliphatic heterocycles. The molecule has 0 saturated carbocycles. The van der Waals surface area contributed by atoms with E-state index in [2.05, 4.69) is 22.6 Å². The van der Waals surface area contributed by atoms with Crippen molar-refractivity contribution in [2.24, 2.45) is 0 Å². The van der Waals surface area contributed by atoms with Crippen molar-refractivity contribution < 1.29 is 28.7 Å². The van der Waals surface area contributed by atoms with Crippen LogP contribution in [0.4, 0.5) is 4.79 Å². The number of esters is 1. The number of ether oxygens (including phenoxy) is 2. The van der Waals surface area contributed by atoms with E-state index >= 15 is 0 Å². The minimum Gasteiger partial charge on any atom is -0.466 e. The predicted octanol–water partition coefficient (Wildman–Crippen LogP) is 2.11. The molecule has 0 radical (unpaired) electrons. The zero-order chi connectivity index (χ0) is 25.9. The first-order chi connectivity index (χ1) is 15.9. The van der Waals surface area contributed by atoms with Crippen molar-refractivity contribution in [2.45, 2.75) is 58.7 Å². The van der Waals surface area contributed by atoms with Crippen LogP contribution in [0.25, 0.3) is 0 Å². The summed E-state index contributed by atoms with van der Waals surface area (Å²) in [7, 11) is 0. The van der Waals surface area contributed by atoms with Crippen molar-refractivity contribution in [2.75, 3.05) is 13.2 Å². The van der Waals surface area contributed by atoms with Crippen molar-refractivity contribution in [1.82, 2.24) is 15.5 Å². The van der Waals surface area contributed by atoms with E-state index in [-0.39, 0.29) is 19.6 Å². The van der Waals surface area contributed by atoms with Crippen LogP contribution in [0.2, 0.25) is 0 Å². The molecule has 2 atom stereocenters. The molecule has 2 unspecified atom stereocenters. The van der Waals surface area contributed by atoms with Gasteiger partial charge in [0.25, 0.3) is 5.91 Å². The fourth-order valence-electron chi connectivity index (χ4n) is 2.90. The van der Waals surface area contributed by atoms with Crippen LogP contribution >= 0.6 is 0 Å². The molecule has 182 valence electrons. The third kappa shape index (κ3) is 8.51. The Morgan fingerprint density at radius 1 is 1.15 bits per heavy atom. The molecule has 0 aromatic heterocycles. The van der Waals surface area contributed by atoms with E-state index in [0.29, 0.717) is 11.1 Å². The summed E-state index contributed by atoms with van der Waals surface area (Å²) in [6, 6.07) is 6.32. The fraction of sp³-hybridized carbons (Fsp3) is 0.440. The number of nitrogens with one attached hydrogen (secondary N) is 2. The molecule has 0 saturated heterocycles. The van der Waals surface area contributed by atoms with E-state index in [1.54, 1.807) is 52.0 Å². The van der Waals surface area contributed by atoms with Gasteiger partial charge < -0.3 is 20.1 Å². The van der Waals surface area contributed by atoms with E-state index in [4.69, 9.17) is 22.3 Å². The molecule has 1 rings (SSSR count). The third-order valence-corrected chi connectivity index (χ3v) is 4.33. The quantitative estimate of drug-likeness (QED) is 0.325. The Bertz CT molecular complexity index is 984. The average molecular weight is 470 g/mol. The molecule has 1 aromatic rings. The number of alkyl carbamates (subject to hydrolysis) is 1. The number of benzene rings is 1. The van der Waals surface area contributed by atoms with Crippen molar-refractivity contribution in [3.63, 3.8) is 0 Å². The molecule has 0 aliphatic rings. The molecule has 2 N–H and O–H groups in total. The first-order valence-electron chi connectivity index (χ1n) is 10.7. The molecule has 9 heteroatoms. The van der Waals surface area contributed by atoms with Crippen molar-refractivity contribution in [1.29, 1.82) is 0 Å². The second-order valence-electron chi connectivity index (χ2n) is 8.19. The molecule has 0 fully saturated rings. The van der Waals surface area contributed by atoms with Gasteiger partial charge in [0, 0.05) is 23.7 Å². The molecule has 0 spiro atoms. The lowest BCUT2D eigenvalue weighted by Crippen LogP contribution is -2.50. The second-order valence-corrected chi connectivity index (χ2v) is 8.19. The smallest absolute Gasteiger partial charge is 0.408 e. The Morgan fingerprint density at radius 2 is 1.79 bits per heavy atom. The van der Waals surface area contributed by atoms with E-state index in [9.17, 15) is 19.2 Å². The van der Waals surface area contributed by atoms with Crippen LogP contribution in [0.5, 0.6) is 0 Å². The lowest BCUT2D eigenvalue weighted by molar-refractivity contribution is -0.143. The van der Waals surface area contributed by atoms with E-state index in [1.807, 2.05) is 0 Å². The van der Waals surface area contributed by atoms with E-state index in [1.165, 1.54) is 6.92 Å². The highest BCUT2D eigenvalue weighted by atomic mass is 16.6. The van der Waals surface area contributed by atoms with E-state index in [0.717, 1.165) is 4.90 Å². The second kappa shape index (κ2) is 12.9. The van der Waals surface area contributed by atoms with Crippen molar-refractivity contribution >= 4 is 23.9 Å². The number of hydrogen-bond acceptors (Lipinski definition) is 6. The van der Waals surface area contributed by atoms with Crippen LogP contribution in [0.3, 0.4) is 0 Å². The van der Waals surface area contributed by atoms with Gasteiger partial charge in [-0.3, -0.25) is 19.3 Å². The third-order valence-electron chi connectivity index (χ3n) is 4.33. The summed E-state index contributed by atoms with van der Waals surface area (Å²) in [5.74, 6) is 0.613. The van der Waals surface area contributed by atoms with Gasteiger partial charge in [0.1, 0.15) is 17.7 Å². The topological polar surface area (TPSA) is 114 Å². The molecule has 34 heavy (non-hydrogen) atoms. The fourth-order valence-corrected chi connectivity index (χ4v) is 2.90. The highest BCUT2D eigenvalue weighted by Crippen LogP contribution is 2.25. The van der Waals surface area contributed by atoms with Gasteiger partial charge in [-0.2, -0.15) is 0 Å². The van der Waals surface area contributed by atoms with Gasteiger partial charge in [-0.15, -0.1) is 6.42 Å². The molecule has 0 aliphatic carbocycles. The summed E-state index contributed by atoms with van der Waals surface area (Å²) < 4.78 is 10.0. The van der Waals surface area contributed by atoms with Crippen molar-refractivity contribution in [3.05, 3.63) is 35.4 Å². The number of terminal acetylenes is 2. The van der Waals surface area contributed by atoms with Gasteiger partial charge in [0.15, 0.2) is 0 Å². The number of rotatable bonds is 9. The van der Waals surface area contributed by atoms with Gasteiger partial charge in [-0.1, -0.05) is 30.5 Å². The first kappa shape index (κ1) is 28.1. The number of carbonyl (C=O) groups is 4. The standard InChI is InChI=1S/C25H31N3O6/c1-8-18-13-11-12-14-19(18)21(22(30)26-16-15-20(29)33-10-3)28(9-2)23(31)17(4)27-24(32)34-25(5,6)7/h1-2,11-14,17,21H,10,15-16H2,3-7H3,(H,26,30)(H,27,32). The maximum absolute atomic E-state index is 13.2. The predicted molar refractivity (Wildman–Crippen MR) is 126 cm³/mol.